The molecular weight excluding hydrogens is 486 g/mol. The quantitative estimate of drug-likeness (QED) is 0.308. The van der Waals surface area contributed by atoms with Gasteiger partial charge in [-0.1, -0.05) is 18.9 Å². The Morgan fingerprint density at radius 2 is 2.07 bits per heavy atom. The number of amides is 1. The molecule has 0 radical (unpaired) electrons. The summed E-state index contributed by atoms with van der Waals surface area (Å²) in [6.07, 6.45) is 5.32. The van der Waals surface area contributed by atoms with E-state index in [1.807, 2.05) is 11.8 Å². The van der Waals surface area contributed by atoms with Gasteiger partial charge in [0.1, 0.15) is 5.82 Å². The van der Waals surface area contributed by atoms with E-state index < -0.39 is 5.82 Å². The van der Waals surface area contributed by atoms with Gasteiger partial charge < -0.3 is 20.6 Å². The van der Waals surface area contributed by atoms with Crippen LogP contribution in [-0.2, 0) is 17.9 Å². The van der Waals surface area contributed by atoms with Crippen molar-refractivity contribution in [2.75, 3.05) is 19.6 Å². The summed E-state index contributed by atoms with van der Waals surface area (Å²) in [6, 6.07) is 4.86. The van der Waals surface area contributed by atoms with Crippen LogP contribution in [0.2, 0.25) is 0 Å². The lowest BCUT2D eigenvalue weighted by atomic mass is 10.1. The normalized spacial score (nSPS) is 19.9. The van der Waals surface area contributed by atoms with Crippen molar-refractivity contribution in [3.8, 4) is 0 Å². The van der Waals surface area contributed by atoms with Crippen LogP contribution < -0.4 is 10.6 Å². The van der Waals surface area contributed by atoms with Crippen LogP contribution in [0.5, 0.6) is 0 Å². The number of rotatable bonds is 6. The van der Waals surface area contributed by atoms with Crippen molar-refractivity contribution in [2.45, 2.75) is 58.2 Å². The average Bonchev–Trinajstić information content (AvgIpc) is 3.39. The van der Waals surface area contributed by atoms with E-state index in [0.29, 0.717) is 25.0 Å². The third-order valence-electron chi connectivity index (χ3n) is 5.59. The second-order valence-corrected chi connectivity index (χ2v) is 7.67. The molecule has 1 aromatic rings. The maximum Gasteiger partial charge on any atom is 0.225 e. The molecule has 0 bridgehead atoms. The first-order valence-corrected chi connectivity index (χ1v) is 10.3. The Morgan fingerprint density at radius 3 is 2.76 bits per heavy atom. The van der Waals surface area contributed by atoms with Crippen LogP contribution in [-0.4, -0.2) is 47.5 Å². The van der Waals surface area contributed by atoms with Crippen molar-refractivity contribution in [3.05, 3.63) is 35.1 Å². The minimum Gasteiger partial charge on any atom is -0.392 e. The number of benzene rings is 1. The molecule has 2 aliphatic rings. The Labute approximate surface area is 189 Å². The predicted molar refractivity (Wildman–Crippen MR) is 123 cm³/mol. The van der Waals surface area contributed by atoms with Gasteiger partial charge in [0.25, 0.3) is 0 Å². The Hall–Kier alpha value is -1.42. The molecule has 1 aromatic carbocycles. The summed E-state index contributed by atoms with van der Waals surface area (Å²) >= 11 is 0. The summed E-state index contributed by atoms with van der Waals surface area (Å²) < 4.78 is 13.5. The molecule has 29 heavy (non-hydrogen) atoms. The molecule has 3 rings (SSSR count). The number of nitrogens with one attached hydrogen (secondary N) is 2. The molecule has 6 nitrogen and oxygen atoms in total. The number of aliphatic imine (C=N–C) groups is 1. The van der Waals surface area contributed by atoms with Crippen LogP contribution in [0.1, 0.15) is 50.2 Å². The highest BCUT2D eigenvalue weighted by atomic mass is 127. The van der Waals surface area contributed by atoms with E-state index in [1.54, 1.807) is 12.1 Å². The number of carbonyl (C=O) groups is 1. The monoisotopic (exact) mass is 518 g/mol. The molecule has 1 aliphatic carbocycles. The molecule has 8 heteroatoms. The minimum absolute atomic E-state index is 0. The number of halogens is 2. The SMILES string of the molecule is CCNC(=NCc1ccc(F)c(CO)c1)NC1CCN(C(=O)C2CCCC2)C1.I. The summed E-state index contributed by atoms with van der Waals surface area (Å²) in [5.41, 5.74) is 1.12. The van der Waals surface area contributed by atoms with Gasteiger partial charge in [-0.2, -0.15) is 0 Å². The molecule has 1 atom stereocenters. The zero-order valence-electron chi connectivity index (χ0n) is 17.0. The number of carbonyl (C=O) groups excluding carboxylic acids is 1. The second-order valence-electron chi connectivity index (χ2n) is 7.67. The Kier molecular flexibility index (Phi) is 9.61. The molecule has 0 aromatic heterocycles. The number of nitrogens with zero attached hydrogens (tertiary/aromatic N) is 2. The van der Waals surface area contributed by atoms with Crippen LogP contribution in [0.4, 0.5) is 4.39 Å². The van der Waals surface area contributed by atoms with Crippen LogP contribution in [0.15, 0.2) is 23.2 Å². The van der Waals surface area contributed by atoms with Gasteiger partial charge in [-0.05, 0) is 43.9 Å². The zero-order chi connectivity index (χ0) is 19.9. The Bertz CT molecular complexity index is 710. The summed E-state index contributed by atoms with van der Waals surface area (Å²) in [7, 11) is 0. The molecule has 1 heterocycles. The van der Waals surface area contributed by atoms with E-state index in [9.17, 15) is 14.3 Å². The lowest BCUT2D eigenvalue weighted by Crippen LogP contribution is -2.45. The number of aliphatic hydroxyl groups excluding tert-OH is 1. The van der Waals surface area contributed by atoms with Crippen molar-refractivity contribution in [1.29, 1.82) is 0 Å². The fraction of sp³-hybridized carbons (Fsp3) is 0.619. The number of aliphatic hydroxyl groups is 1. The van der Waals surface area contributed by atoms with Crippen molar-refractivity contribution in [2.24, 2.45) is 10.9 Å². The van der Waals surface area contributed by atoms with Crippen molar-refractivity contribution in [3.63, 3.8) is 0 Å². The highest BCUT2D eigenvalue weighted by molar-refractivity contribution is 14.0. The van der Waals surface area contributed by atoms with Gasteiger partial charge in [-0.15, -0.1) is 24.0 Å². The molecule has 1 saturated heterocycles. The maximum absolute atomic E-state index is 13.5. The zero-order valence-corrected chi connectivity index (χ0v) is 19.3. The van der Waals surface area contributed by atoms with Crippen LogP contribution in [0, 0.1) is 11.7 Å². The Morgan fingerprint density at radius 1 is 1.31 bits per heavy atom. The highest BCUT2D eigenvalue weighted by Gasteiger charge is 2.32. The van der Waals surface area contributed by atoms with E-state index in [-0.39, 0.29) is 48.1 Å². The van der Waals surface area contributed by atoms with Crippen LogP contribution in [0.3, 0.4) is 0 Å². The van der Waals surface area contributed by atoms with Gasteiger partial charge in [0.15, 0.2) is 5.96 Å². The third kappa shape index (κ3) is 6.53. The standard InChI is InChI=1S/C21H31FN4O2.HI/c1-2-23-21(24-12-15-7-8-19(22)17(11-15)14-27)25-18-9-10-26(13-18)20(28)16-5-3-4-6-16;/h7-8,11,16,18,27H,2-6,9-10,12-14H2,1H3,(H2,23,24,25);1H. The van der Waals surface area contributed by atoms with E-state index in [4.69, 9.17) is 0 Å². The molecule has 1 aliphatic heterocycles. The van der Waals surface area contributed by atoms with Gasteiger partial charge >= 0.3 is 0 Å². The van der Waals surface area contributed by atoms with Gasteiger partial charge in [0.05, 0.1) is 13.2 Å². The van der Waals surface area contributed by atoms with E-state index in [1.165, 1.54) is 18.9 Å². The highest BCUT2D eigenvalue weighted by Crippen LogP contribution is 2.27. The lowest BCUT2D eigenvalue weighted by Gasteiger charge is -2.21. The smallest absolute Gasteiger partial charge is 0.225 e. The molecule has 0 spiro atoms. The number of hydrogen-bond acceptors (Lipinski definition) is 3. The van der Waals surface area contributed by atoms with Gasteiger partial charge in [-0.25, -0.2) is 9.38 Å². The maximum atomic E-state index is 13.5. The fourth-order valence-corrected chi connectivity index (χ4v) is 4.04. The molecule has 1 amide bonds. The first-order chi connectivity index (χ1) is 13.6. The van der Waals surface area contributed by atoms with E-state index >= 15 is 0 Å². The number of likely N-dealkylation sites (tertiary alicyclic amines) is 1. The third-order valence-corrected chi connectivity index (χ3v) is 5.59. The topological polar surface area (TPSA) is 77.0 Å². The average molecular weight is 518 g/mol. The van der Waals surface area contributed by atoms with Crippen molar-refractivity contribution in [1.82, 2.24) is 15.5 Å². The fourth-order valence-electron chi connectivity index (χ4n) is 4.04. The molecule has 2 fully saturated rings. The first kappa shape index (κ1) is 23.9. The van der Waals surface area contributed by atoms with Crippen LogP contribution >= 0.6 is 24.0 Å². The molecule has 3 N–H and O–H groups in total. The summed E-state index contributed by atoms with van der Waals surface area (Å²) in [5.74, 6) is 0.821. The molecule has 162 valence electrons. The minimum atomic E-state index is -0.404. The predicted octanol–water partition coefficient (Wildman–Crippen LogP) is 2.78. The molecular formula is C21H32FIN4O2. The molecule has 1 unspecified atom stereocenters. The summed E-state index contributed by atoms with van der Waals surface area (Å²) in [5, 5.41) is 15.9. The van der Waals surface area contributed by atoms with Crippen LogP contribution in [0.25, 0.3) is 0 Å². The Balaban J connectivity index is 0.00000300. The number of guanidine groups is 1. The summed E-state index contributed by atoms with van der Waals surface area (Å²) in [4.78, 5) is 19.2. The van der Waals surface area contributed by atoms with Gasteiger partial charge in [0.2, 0.25) is 5.91 Å². The van der Waals surface area contributed by atoms with Crippen molar-refractivity contribution < 1.29 is 14.3 Å². The second kappa shape index (κ2) is 11.7. The summed E-state index contributed by atoms with van der Waals surface area (Å²) in [6.45, 7) is 4.31. The number of hydrogen-bond donors (Lipinski definition) is 3. The van der Waals surface area contributed by atoms with Crippen molar-refractivity contribution >= 4 is 35.8 Å². The molecule has 1 saturated carbocycles. The van der Waals surface area contributed by atoms with E-state index in [2.05, 4.69) is 15.6 Å². The largest absolute Gasteiger partial charge is 0.392 e. The first-order valence-electron chi connectivity index (χ1n) is 10.3. The van der Waals surface area contributed by atoms with E-state index in [0.717, 1.165) is 37.9 Å². The lowest BCUT2D eigenvalue weighted by molar-refractivity contribution is -0.134. The van der Waals surface area contributed by atoms with Gasteiger partial charge in [0, 0.05) is 37.2 Å². The van der Waals surface area contributed by atoms with Gasteiger partial charge in [-0.3, -0.25) is 4.79 Å².